The molecule has 128 valence electrons. The molecule has 0 radical (unpaired) electrons. The largest absolute Gasteiger partial charge is 0.378 e. The number of allylic oxidation sites excluding steroid dienone is 2. The molecule has 1 heterocycles. The summed E-state index contributed by atoms with van der Waals surface area (Å²) in [5, 5.41) is 4.59. The molecule has 1 aliphatic carbocycles. The second kappa shape index (κ2) is 6.34. The minimum absolute atomic E-state index is 0.295. The van der Waals surface area contributed by atoms with Gasteiger partial charge in [0.25, 0.3) is 0 Å². The highest BCUT2D eigenvalue weighted by Crippen LogP contribution is 2.50. The van der Waals surface area contributed by atoms with Crippen LogP contribution in [-0.4, -0.2) is 0 Å². The number of halogens is 1. The molecular formula is C24H20ClN. The topological polar surface area (TPSA) is 12.0 Å². The lowest BCUT2D eigenvalue weighted by atomic mass is 9.76. The van der Waals surface area contributed by atoms with Crippen molar-refractivity contribution < 1.29 is 0 Å². The fourth-order valence-corrected chi connectivity index (χ4v) is 4.63. The van der Waals surface area contributed by atoms with Gasteiger partial charge in [-0.3, -0.25) is 0 Å². The zero-order valence-electron chi connectivity index (χ0n) is 14.4. The first-order chi connectivity index (χ1) is 12.8. The van der Waals surface area contributed by atoms with E-state index >= 15 is 0 Å². The van der Waals surface area contributed by atoms with Crippen LogP contribution in [0, 0.1) is 5.92 Å². The van der Waals surface area contributed by atoms with E-state index in [0.717, 1.165) is 11.4 Å². The van der Waals surface area contributed by atoms with Gasteiger partial charge in [0, 0.05) is 16.6 Å². The first kappa shape index (κ1) is 15.7. The predicted molar refractivity (Wildman–Crippen MR) is 110 cm³/mol. The van der Waals surface area contributed by atoms with Crippen molar-refractivity contribution in [3.63, 3.8) is 0 Å². The summed E-state index contributed by atoms with van der Waals surface area (Å²) in [5.41, 5.74) is 6.47. The summed E-state index contributed by atoms with van der Waals surface area (Å²) >= 11 is 6.25. The summed E-state index contributed by atoms with van der Waals surface area (Å²) in [4.78, 5) is 0. The molecule has 3 aromatic rings. The first-order valence-electron chi connectivity index (χ1n) is 9.17. The van der Waals surface area contributed by atoms with E-state index in [9.17, 15) is 0 Å². The van der Waals surface area contributed by atoms with Crippen LogP contribution in [0.25, 0.3) is 11.1 Å². The Morgan fingerprint density at radius 1 is 0.846 bits per heavy atom. The minimum atomic E-state index is 0.295. The molecule has 3 aromatic carbocycles. The Labute approximate surface area is 159 Å². The normalized spacial score (nSPS) is 23.2. The molecule has 0 spiro atoms. The molecule has 1 nitrogen and oxygen atoms in total. The van der Waals surface area contributed by atoms with Crippen molar-refractivity contribution in [2.45, 2.75) is 18.4 Å². The van der Waals surface area contributed by atoms with Crippen LogP contribution in [0.1, 0.15) is 29.5 Å². The van der Waals surface area contributed by atoms with Crippen LogP contribution in [0.2, 0.25) is 5.02 Å². The summed E-state index contributed by atoms with van der Waals surface area (Å²) in [5.74, 6) is 0.992. The molecule has 2 aliphatic rings. The maximum Gasteiger partial charge on any atom is 0.0554 e. The molecule has 1 N–H and O–H groups in total. The van der Waals surface area contributed by atoms with E-state index in [1.54, 1.807) is 0 Å². The van der Waals surface area contributed by atoms with Crippen LogP contribution in [0.3, 0.4) is 0 Å². The predicted octanol–water partition coefficient (Wildman–Crippen LogP) is 6.83. The lowest BCUT2D eigenvalue weighted by Crippen LogP contribution is -2.29. The number of hydrogen-bond acceptors (Lipinski definition) is 1. The van der Waals surface area contributed by atoms with Crippen molar-refractivity contribution in [3.8, 4) is 11.1 Å². The molecule has 26 heavy (non-hydrogen) atoms. The maximum absolute atomic E-state index is 6.25. The quantitative estimate of drug-likeness (QED) is 0.495. The molecule has 0 bridgehead atoms. The SMILES string of the molecule is Clc1cccc([C@@H]2Nc3ccc(-c4ccccc4)cc3[C@H]3C=CC[C@H]32)c1. The molecule has 0 saturated carbocycles. The minimum Gasteiger partial charge on any atom is -0.378 e. The maximum atomic E-state index is 6.25. The summed E-state index contributed by atoms with van der Waals surface area (Å²) in [6.07, 6.45) is 5.82. The molecule has 3 atom stereocenters. The fraction of sp³-hybridized carbons (Fsp3) is 0.167. The van der Waals surface area contributed by atoms with Crippen molar-refractivity contribution in [2.24, 2.45) is 5.92 Å². The average Bonchev–Trinajstić information content (AvgIpc) is 3.18. The summed E-state index contributed by atoms with van der Waals surface area (Å²) in [6, 6.07) is 26.0. The van der Waals surface area contributed by atoms with Crippen LogP contribution >= 0.6 is 11.6 Å². The Morgan fingerprint density at radius 2 is 1.73 bits per heavy atom. The molecular weight excluding hydrogens is 338 g/mol. The van der Waals surface area contributed by atoms with E-state index in [1.165, 1.54) is 27.9 Å². The zero-order chi connectivity index (χ0) is 17.5. The molecule has 2 heteroatoms. The molecule has 0 saturated heterocycles. The number of rotatable bonds is 2. The van der Waals surface area contributed by atoms with Gasteiger partial charge in [-0.1, -0.05) is 72.3 Å². The Balaban J connectivity index is 1.57. The van der Waals surface area contributed by atoms with Gasteiger partial charge in [-0.2, -0.15) is 0 Å². The Kier molecular flexibility index (Phi) is 3.83. The van der Waals surface area contributed by atoms with Crippen molar-refractivity contribution in [2.75, 3.05) is 5.32 Å². The number of fused-ring (bicyclic) bond motifs is 3. The van der Waals surface area contributed by atoms with E-state index in [0.29, 0.717) is 17.9 Å². The van der Waals surface area contributed by atoms with Crippen LogP contribution in [-0.2, 0) is 0 Å². The molecule has 1 aliphatic heterocycles. The third-order valence-electron chi connectivity index (χ3n) is 5.68. The van der Waals surface area contributed by atoms with Crippen molar-refractivity contribution in [3.05, 3.63) is 101 Å². The lowest BCUT2D eigenvalue weighted by Gasteiger charge is -2.38. The van der Waals surface area contributed by atoms with E-state index in [4.69, 9.17) is 11.6 Å². The second-order valence-corrected chi connectivity index (χ2v) is 7.63. The van der Waals surface area contributed by atoms with Gasteiger partial charge in [-0.15, -0.1) is 0 Å². The van der Waals surface area contributed by atoms with Gasteiger partial charge in [-0.05, 0) is 58.9 Å². The third-order valence-corrected chi connectivity index (χ3v) is 5.91. The van der Waals surface area contributed by atoms with Gasteiger partial charge in [0.05, 0.1) is 6.04 Å². The Hall–Kier alpha value is -2.51. The van der Waals surface area contributed by atoms with E-state index in [2.05, 4.69) is 78.1 Å². The van der Waals surface area contributed by atoms with Crippen LogP contribution < -0.4 is 5.32 Å². The molecule has 0 amide bonds. The molecule has 0 unspecified atom stereocenters. The van der Waals surface area contributed by atoms with Crippen LogP contribution in [0.4, 0.5) is 5.69 Å². The highest BCUT2D eigenvalue weighted by atomic mass is 35.5. The van der Waals surface area contributed by atoms with Gasteiger partial charge in [0.15, 0.2) is 0 Å². The third kappa shape index (κ3) is 2.64. The highest BCUT2D eigenvalue weighted by Gasteiger charge is 2.37. The number of hydrogen-bond donors (Lipinski definition) is 1. The van der Waals surface area contributed by atoms with Gasteiger partial charge >= 0.3 is 0 Å². The number of benzene rings is 3. The molecule has 0 aromatic heterocycles. The van der Waals surface area contributed by atoms with E-state index < -0.39 is 0 Å². The van der Waals surface area contributed by atoms with E-state index in [-0.39, 0.29) is 0 Å². The summed E-state index contributed by atoms with van der Waals surface area (Å²) < 4.78 is 0. The van der Waals surface area contributed by atoms with Crippen molar-refractivity contribution >= 4 is 17.3 Å². The van der Waals surface area contributed by atoms with Crippen molar-refractivity contribution in [1.82, 2.24) is 0 Å². The average molecular weight is 358 g/mol. The van der Waals surface area contributed by atoms with Crippen LogP contribution in [0.5, 0.6) is 0 Å². The van der Waals surface area contributed by atoms with Gasteiger partial charge in [-0.25, -0.2) is 0 Å². The standard InChI is InChI=1S/C24H20ClN/c25-19-9-4-8-18(14-19)24-21-11-5-10-20(21)22-15-17(12-13-23(22)26-24)16-6-2-1-3-7-16/h1-10,12-15,20-21,24,26H,11H2/t20-,21+,24-/m0/s1. The smallest absolute Gasteiger partial charge is 0.0554 e. The number of nitrogens with one attached hydrogen (secondary N) is 1. The molecule has 5 rings (SSSR count). The zero-order valence-corrected chi connectivity index (χ0v) is 15.2. The van der Waals surface area contributed by atoms with Gasteiger partial charge in [0.1, 0.15) is 0 Å². The van der Waals surface area contributed by atoms with Crippen LogP contribution in [0.15, 0.2) is 84.9 Å². The second-order valence-electron chi connectivity index (χ2n) is 7.20. The molecule has 0 fully saturated rings. The van der Waals surface area contributed by atoms with Gasteiger partial charge in [0.2, 0.25) is 0 Å². The first-order valence-corrected chi connectivity index (χ1v) is 9.55. The number of anilines is 1. The fourth-order valence-electron chi connectivity index (χ4n) is 4.43. The highest BCUT2D eigenvalue weighted by molar-refractivity contribution is 6.30. The summed E-state index contributed by atoms with van der Waals surface area (Å²) in [7, 11) is 0. The summed E-state index contributed by atoms with van der Waals surface area (Å²) in [6.45, 7) is 0. The Bertz CT molecular complexity index is 977. The monoisotopic (exact) mass is 357 g/mol. The van der Waals surface area contributed by atoms with Gasteiger partial charge < -0.3 is 5.32 Å². The van der Waals surface area contributed by atoms with E-state index in [1.807, 2.05) is 12.1 Å². The lowest BCUT2D eigenvalue weighted by molar-refractivity contribution is 0.425. The van der Waals surface area contributed by atoms with Crippen molar-refractivity contribution in [1.29, 1.82) is 0 Å². The Morgan fingerprint density at radius 3 is 2.58 bits per heavy atom.